The fourth-order valence-electron chi connectivity index (χ4n) is 3.15. The van der Waals surface area contributed by atoms with E-state index in [1.165, 1.54) is 12.8 Å². The summed E-state index contributed by atoms with van der Waals surface area (Å²) in [6, 6.07) is 0. The first-order valence-corrected chi connectivity index (χ1v) is 5.09. The van der Waals surface area contributed by atoms with Gasteiger partial charge < -0.3 is 10.8 Å². The van der Waals surface area contributed by atoms with Crippen molar-refractivity contribution in [3.05, 3.63) is 0 Å². The summed E-state index contributed by atoms with van der Waals surface area (Å²) in [6.07, 6.45) is 6.98. The van der Waals surface area contributed by atoms with Gasteiger partial charge in [-0.15, -0.1) is 0 Å². The molecule has 2 aliphatic rings. The zero-order valence-corrected chi connectivity index (χ0v) is 7.88. The van der Waals surface area contributed by atoms with Crippen LogP contribution in [0.15, 0.2) is 0 Å². The summed E-state index contributed by atoms with van der Waals surface area (Å²) >= 11 is 0. The highest BCUT2D eigenvalue weighted by Crippen LogP contribution is 2.59. The molecule has 0 saturated heterocycles. The van der Waals surface area contributed by atoms with E-state index in [-0.39, 0.29) is 17.4 Å². The van der Waals surface area contributed by atoms with E-state index in [4.69, 9.17) is 10.8 Å². The zero-order chi connectivity index (χ0) is 9.53. The molecule has 0 bridgehead atoms. The number of rotatable bonds is 2. The Morgan fingerprint density at radius 1 is 1.23 bits per heavy atom. The first kappa shape index (κ1) is 9.00. The van der Waals surface area contributed by atoms with Crippen LogP contribution in [-0.2, 0) is 4.79 Å². The molecule has 0 aromatic carbocycles. The number of carboxylic acids is 1. The van der Waals surface area contributed by atoms with E-state index in [0.29, 0.717) is 0 Å². The Bertz CT molecular complexity index is 233. The molecular weight excluding hydrogens is 166 g/mol. The zero-order valence-electron chi connectivity index (χ0n) is 7.88. The second kappa shape index (κ2) is 2.71. The van der Waals surface area contributed by atoms with Crippen LogP contribution in [0.3, 0.4) is 0 Å². The number of nitrogens with two attached hydrogens (primary N) is 1. The molecule has 74 valence electrons. The third-order valence-corrected chi connectivity index (χ3v) is 4.13. The predicted molar refractivity (Wildman–Crippen MR) is 49.3 cm³/mol. The quantitative estimate of drug-likeness (QED) is 0.682. The summed E-state index contributed by atoms with van der Waals surface area (Å²) < 4.78 is 0. The minimum Gasteiger partial charge on any atom is -0.481 e. The molecule has 2 rings (SSSR count). The minimum absolute atomic E-state index is 0.160. The summed E-state index contributed by atoms with van der Waals surface area (Å²) in [4.78, 5) is 10.7. The van der Waals surface area contributed by atoms with Crippen molar-refractivity contribution < 1.29 is 9.90 Å². The average molecular weight is 183 g/mol. The topological polar surface area (TPSA) is 63.3 Å². The van der Waals surface area contributed by atoms with Crippen molar-refractivity contribution in [2.75, 3.05) is 0 Å². The van der Waals surface area contributed by atoms with E-state index in [1.807, 2.05) is 0 Å². The van der Waals surface area contributed by atoms with Crippen molar-refractivity contribution in [1.29, 1.82) is 0 Å². The maximum Gasteiger partial charge on any atom is 0.305 e. The molecule has 0 aromatic rings. The summed E-state index contributed by atoms with van der Waals surface area (Å²) in [7, 11) is 0. The number of hydrogen-bond acceptors (Lipinski definition) is 2. The Labute approximate surface area is 78.3 Å². The third kappa shape index (κ3) is 1.17. The van der Waals surface area contributed by atoms with E-state index in [0.717, 1.165) is 25.7 Å². The lowest BCUT2D eigenvalue weighted by molar-refractivity contribution is -0.142. The molecule has 1 spiro atoms. The average Bonchev–Trinajstić information content (AvgIpc) is 2.51. The van der Waals surface area contributed by atoms with Crippen molar-refractivity contribution >= 4 is 5.97 Å². The van der Waals surface area contributed by atoms with Gasteiger partial charge in [-0.05, 0) is 31.1 Å². The lowest BCUT2D eigenvalue weighted by atomic mass is 9.53. The minimum atomic E-state index is -0.742. The fraction of sp³-hybridized carbons (Fsp3) is 0.900. The van der Waals surface area contributed by atoms with E-state index >= 15 is 0 Å². The standard InChI is InChI=1S/C10H17NO2/c11-10(7-8(12)13)6-5-9(10)3-1-2-4-9/h1-7,11H2,(H,12,13). The van der Waals surface area contributed by atoms with Crippen molar-refractivity contribution in [2.45, 2.75) is 50.5 Å². The summed E-state index contributed by atoms with van der Waals surface area (Å²) in [5.74, 6) is -0.742. The molecule has 0 amide bonds. The Balaban J connectivity index is 2.10. The van der Waals surface area contributed by atoms with Crippen molar-refractivity contribution in [2.24, 2.45) is 11.1 Å². The maximum atomic E-state index is 10.7. The Kier molecular flexibility index (Phi) is 1.88. The molecule has 2 fully saturated rings. The van der Waals surface area contributed by atoms with Gasteiger partial charge in [0.2, 0.25) is 0 Å². The van der Waals surface area contributed by atoms with Crippen LogP contribution in [0.25, 0.3) is 0 Å². The molecule has 2 aliphatic carbocycles. The van der Waals surface area contributed by atoms with Crippen LogP contribution in [0.4, 0.5) is 0 Å². The Morgan fingerprint density at radius 3 is 2.23 bits per heavy atom. The van der Waals surface area contributed by atoms with Crippen LogP contribution in [0, 0.1) is 5.41 Å². The van der Waals surface area contributed by atoms with Gasteiger partial charge in [-0.1, -0.05) is 12.8 Å². The molecular formula is C10H17NO2. The van der Waals surface area contributed by atoms with E-state index in [2.05, 4.69) is 0 Å². The number of carbonyl (C=O) groups is 1. The van der Waals surface area contributed by atoms with Gasteiger partial charge in [-0.2, -0.15) is 0 Å². The molecule has 0 radical (unpaired) electrons. The third-order valence-electron chi connectivity index (χ3n) is 4.13. The van der Waals surface area contributed by atoms with Crippen LogP contribution in [0.1, 0.15) is 44.9 Å². The summed E-state index contributed by atoms with van der Waals surface area (Å²) in [5.41, 5.74) is 5.98. The highest BCUT2D eigenvalue weighted by Gasteiger charge is 2.57. The summed E-state index contributed by atoms with van der Waals surface area (Å²) in [5, 5.41) is 8.78. The number of carboxylic acid groups (broad SMARTS) is 1. The molecule has 0 heterocycles. The van der Waals surface area contributed by atoms with Gasteiger partial charge in [0, 0.05) is 5.54 Å². The number of aliphatic carboxylic acids is 1. The van der Waals surface area contributed by atoms with Crippen LogP contribution in [-0.4, -0.2) is 16.6 Å². The second-order valence-corrected chi connectivity index (χ2v) is 4.71. The predicted octanol–water partition coefficient (Wildman–Crippen LogP) is 1.51. The summed E-state index contributed by atoms with van der Waals surface area (Å²) in [6.45, 7) is 0. The first-order valence-electron chi connectivity index (χ1n) is 5.09. The molecule has 2 saturated carbocycles. The molecule has 3 nitrogen and oxygen atoms in total. The Hall–Kier alpha value is -0.570. The molecule has 3 N–H and O–H groups in total. The molecule has 0 aliphatic heterocycles. The normalized spacial score (nSPS) is 36.1. The smallest absolute Gasteiger partial charge is 0.305 e. The lowest BCUT2D eigenvalue weighted by Gasteiger charge is -2.55. The monoisotopic (exact) mass is 183 g/mol. The van der Waals surface area contributed by atoms with Gasteiger partial charge in [0.15, 0.2) is 0 Å². The first-order chi connectivity index (χ1) is 6.08. The van der Waals surface area contributed by atoms with Crippen LogP contribution < -0.4 is 5.73 Å². The van der Waals surface area contributed by atoms with Gasteiger partial charge in [0.05, 0.1) is 6.42 Å². The van der Waals surface area contributed by atoms with Gasteiger partial charge in [0.1, 0.15) is 0 Å². The highest BCUT2D eigenvalue weighted by atomic mass is 16.4. The fourth-order valence-corrected chi connectivity index (χ4v) is 3.15. The van der Waals surface area contributed by atoms with Crippen LogP contribution in [0.2, 0.25) is 0 Å². The van der Waals surface area contributed by atoms with Crippen molar-refractivity contribution in [1.82, 2.24) is 0 Å². The van der Waals surface area contributed by atoms with E-state index < -0.39 is 5.97 Å². The van der Waals surface area contributed by atoms with E-state index in [1.54, 1.807) is 0 Å². The molecule has 0 aromatic heterocycles. The van der Waals surface area contributed by atoms with Crippen molar-refractivity contribution in [3.8, 4) is 0 Å². The van der Waals surface area contributed by atoms with Crippen LogP contribution in [0.5, 0.6) is 0 Å². The second-order valence-electron chi connectivity index (χ2n) is 4.71. The van der Waals surface area contributed by atoms with Crippen molar-refractivity contribution in [3.63, 3.8) is 0 Å². The molecule has 1 atom stereocenters. The molecule has 13 heavy (non-hydrogen) atoms. The van der Waals surface area contributed by atoms with Gasteiger partial charge in [-0.25, -0.2) is 0 Å². The molecule has 3 heteroatoms. The van der Waals surface area contributed by atoms with E-state index in [9.17, 15) is 4.79 Å². The van der Waals surface area contributed by atoms with Gasteiger partial charge >= 0.3 is 5.97 Å². The molecule has 1 unspecified atom stereocenters. The highest BCUT2D eigenvalue weighted by molar-refractivity contribution is 5.69. The lowest BCUT2D eigenvalue weighted by Crippen LogP contribution is -2.63. The Morgan fingerprint density at radius 2 is 1.85 bits per heavy atom. The maximum absolute atomic E-state index is 10.7. The SMILES string of the molecule is NC1(CC(=O)O)CCC12CCCC2. The van der Waals surface area contributed by atoms with Gasteiger partial charge in [0.25, 0.3) is 0 Å². The van der Waals surface area contributed by atoms with Crippen LogP contribution >= 0.6 is 0 Å². The van der Waals surface area contributed by atoms with Gasteiger partial charge in [-0.3, -0.25) is 4.79 Å². The largest absolute Gasteiger partial charge is 0.481 e. The number of hydrogen-bond donors (Lipinski definition) is 2.